The van der Waals surface area contributed by atoms with Gasteiger partial charge in [-0.3, -0.25) is 16.3 Å². The first kappa shape index (κ1) is 15.6. The lowest BCUT2D eigenvalue weighted by molar-refractivity contribution is 0.535. The Morgan fingerprint density at radius 2 is 1.80 bits per heavy atom. The zero-order valence-corrected chi connectivity index (χ0v) is 14.6. The van der Waals surface area contributed by atoms with Crippen LogP contribution in [0.2, 0.25) is 0 Å². The van der Waals surface area contributed by atoms with Crippen molar-refractivity contribution >= 4 is 31.9 Å². The Bertz CT molecular complexity index is 594. The highest BCUT2D eigenvalue weighted by Crippen LogP contribution is 2.26. The molecule has 106 valence electrons. The van der Waals surface area contributed by atoms with Crippen molar-refractivity contribution in [2.24, 2.45) is 5.84 Å². The Labute approximate surface area is 136 Å². The Balaban J connectivity index is 2.28. The molecule has 1 heterocycles. The third-order valence-corrected chi connectivity index (χ3v) is 4.16. The number of hydrogen-bond acceptors (Lipinski definition) is 3. The average Bonchev–Trinajstić information content (AvgIpc) is 2.35. The lowest BCUT2D eigenvalue weighted by Gasteiger charge is -2.17. The molecule has 3 nitrogen and oxygen atoms in total. The van der Waals surface area contributed by atoms with Gasteiger partial charge in [0.1, 0.15) is 0 Å². The first-order valence-electron chi connectivity index (χ1n) is 6.34. The van der Waals surface area contributed by atoms with Crippen LogP contribution in [0.25, 0.3) is 0 Å². The van der Waals surface area contributed by atoms with Crippen molar-refractivity contribution < 1.29 is 0 Å². The summed E-state index contributed by atoms with van der Waals surface area (Å²) in [5, 5.41) is 0. The van der Waals surface area contributed by atoms with Crippen LogP contribution in [-0.4, -0.2) is 4.98 Å². The maximum Gasteiger partial charge on any atom is 0.0732 e. The maximum atomic E-state index is 5.71. The second-order valence-electron chi connectivity index (χ2n) is 4.94. The van der Waals surface area contributed by atoms with Gasteiger partial charge in [0, 0.05) is 15.1 Å². The summed E-state index contributed by atoms with van der Waals surface area (Å²) in [5.41, 5.74) is 7.55. The van der Waals surface area contributed by atoms with Crippen LogP contribution in [-0.2, 0) is 6.42 Å². The van der Waals surface area contributed by atoms with Crippen LogP contribution in [0.15, 0.2) is 39.4 Å². The number of hydrazine groups is 1. The molecule has 0 saturated carbocycles. The molecule has 0 saturated heterocycles. The zero-order chi connectivity index (χ0) is 14.7. The number of halogens is 2. The van der Waals surface area contributed by atoms with Gasteiger partial charge in [-0.15, -0.1) is 0 Å². The minimum absolute atomic E-state index is 0.0290. The fourth-order valence-corrected chi connectivity index (χ4v) is 3.60. The molecular formula is C15H17Br2N3. The van der Waals surface area contributed by atoms with E-state index in [0.29, 0.717) is 0 Å². The van der Waals surface area contributed by atoms with Crippen LogP contribution in [0.4, 0.5) is 0 Å². The van der Waals surface area contributed by atoms with E-state index in [0.717, 1.165) is 21.1 Å². The molecule has 0 fully saturated rings. The van der Waals surface area contributed by atoms with E-state index in [9.17, 15) is 0 Å². The van der Waals surface area contributed by atoms with Gasteiger partial charge in [-0.25, -0.2) is 0 Å². The fraction of sp³-hybridized carbons (Fsp3) is 0.267. The normalized spacial score (nSPS) is 12.4. The number of pyridine rings is 1. The van der Waals surface area contributed by atoms with Crippen molar-refractivity contribution in [1.82, 2.24) is 10.4 Å². The van der Waals surface area contributed by atoms with Gasteiger partial charge in [0.2, 0.25) is 0 Å². The van der Waals surface area contributed by atoms with Gasteiger partial charge in [-0.1, -0.05) is 29.3 Å². The largest absolute Gasteiger partial charge is 0.271 e. The van der Waals surface area contributed by atoms with Gasteiger partial charge in [0.25, 0.3) is 0 Å². The maximum absolute atomic E-state index is 5.71. The van der Waals surface area contributed by atoms with Crippen molar-refractivity contribution in [3.8, 4) is 0 Å². The van der Waals surface area contributed by atoms with E-state index in [2.05, 4.69) is 74.3 Å². The van der Waals surface area contributed by atoms with Crippen molar-refractivity contribution in [1.29, 1.82) is 0 Å². The number of aromatic nitrogens is 1. The van der Waals surface area contributed by atoms with E-state index in [1.165, 1.54) is 16.7 Å². The van der Waals surface area contributed by atoms with Gasteiger partial charge in [0.15, 0.2) is 0 Å². The predicted molar refractivity (Wildman–Crippen MR) is 89.3 cm³/mol. The predicted octanol–water partition coefficient (Wildman–Crippen LogP) is 3.97. The number of nitrogens with zero attached hydrogens (tertiary/aromatic N) is 1. The van der Waals surface area contributed by atoms with Crippen LogP contribution in [0.3, 0.4) is 0 Å². The zero-order valence-electron chi connectivity index (χ0n) is 11.5. The number of nitrogens with two attached hydrogens (primary N) is 1. The van der Waals surface area contributed by atoms with Crippen LogP contribution < -0.4 is 11.3 Å². The molecule has 0 aliphatic carbocycles. The molecule has 2 rings (SSSR count). The van der Waals surface area contributed by atoms with Crippen molar-refractivity contribution in [3.05, 3.63) is 61.8 Å². The van der Waals surface area contributed by atoms with E-state index in [1.807, 2.05) is 6.07 Å². The Kier molecular flexibility index (Phi) is 5.32. The number of benzene rings is 1. The first-order valence-corrected chi connectivity index (χ1v) is 7.92. The lowest BCUT2D eigenvalue weighted by atomic mass is 9.99. The molecule has 1 unspecified atom stereocenters. The molecule has 0 bridgehead atoms. The molecule has 0 radical (unpaired) electrons. The van der Waals surface area contributed by atoms with Crippen molar-refractivity contribution in [2.45, 2.75) is 26.3 Å². The summed E-state index contributed by atoms with van der Waals surface area (Å²) in [5.74, 6) is 5.71. The molecule has 1 aromatic carbocycles. The van der Waals surface area contributed by atoms with Gasteiger partial charge in [0.05, 0.1) is 11.7 Å². The van der Waals surface area contributed by atoms with Gasteiger partial charge in [-0.05, 0) is 63.8 Å². The first-order chi connectivity index (χ1) is 9.49. The van der Waals surface area contributed by atoms with Crippen LogP contribution in [0.1, 0.15) is 28.4 Å². The van der Waals surface area contributed by atoms with Crippen LogP contribution >= 0.6 is 31.9 Å². The summed E-state index contributed by atoms with van der Waals surface area (Å²) in [6.45, 7) is 4.21. The smallest absolute Gasteiger partial charge is 0.0732 e. The molecule has 0 amide bonds. The average molecular weight is 399 g/mol. The highest BCUT2D eigenvalue weighted by Gasteiger charge is 2.16. The summed E-state index contributed by atoms with van der Waals surface area (Å²) in [4.78, 5) is 4.45. The van der Waals surface area contributed by atoms with E-state index in [-0.39, 0.29) is 6.04 Å². The second kappa shape index (κ2) is 6.80. The van der Waals surface area contributed by atoms with E-state index < -0.39 is 0 Å². The van der Waals surface area contributed by atoms with Crippen LogP contribution in [0, 0.1) is 13.8 Å². The summed E-state index contributed by atoms with van der Waals surface area (Å²) in [6, 6.07) is 8.49. The van der Waals surface area contributed by atoms with E-state index >= 15 is 0 Å². The molecule has 0 aliphatic rings. The second-order valence-corrected chi connectivity index (χ2v) is 6.71. The highest BCUT2D eigenvalue weighted by molar-refractivity contribution is 9.11. The quantitative estimate of drug-likeness (QED) is 0.605. The minimum atomic E-state index is -0.0290. The van der Waals surface area contributed by atoms with Gasteiger partial charge >= 0.3 is 0 Å². The molecule has 3 N–H and O–H groups in total. The summed E-state index contributed by atoms with van der Waals surface area (Å²) in [6.07, 6.45) is 2.58. The summed E-state index contributed by atoms with van der Waals surface area (Å²) in [7, 11) is 0. The monoisotopic (exact) mass is 397 g/mol. The number of aryl methyl sites for hydroxylation is 2. The molecule has 1 aromatic heterocycles. The Morgan fingerprint density at radius 3 is 2.35 bits per heavy atom. The Hall–Kier alpha value is -0.750. The summed E-state index contributed by atoms with van der Waals surface area (Å²) >= 11 is 6.95. The molecule has 5 heteroatoms. The van der Waals surface area contributed by atoms with Crippen LogP contribution in [0.5, 0.6) is 0 Å². The topological polar surface area (TPSA) is 50.9 Å². The third kappa shape index (κ3) is 3.88. The molecular weight excluding hydrogens is 382 g/mol. The highest BCUT2D eigenvalue weighted by atomic mass is 79.9. The molecule has 0 aliphatic heterocycles. The lowest BCUT2D eigenvalue weighted by Crippen LogP contribution is -2.30. The van der Waals surface area contributed by atoms with Gasteiger partial charge < -0.3 is 0 Å². The number of nitrogens with one attached hydrogen (secondary N) is 1. The van der Waals surface area contributed by atoms with Crippen molar-refractivity contribution in [3.63, 3.8) is 0 Å². The molecule has 0 spiro atoms. The van der Waals surface area contributed by atoms with Gasteiger partial charge in [-0.2, -0.15) is 0 Å². The standard InChI is InChI=1S/C15H17Br2N3/c1-9-3-10(2)5-11(4-9)6-14(20-18)15-13(17)7-12(16)8-19-15/h3-5,7-8,14,20H,6,18H2,1-2H3. The summed E-state index contributed by atoms with van der Waals surface area (Å²) < 4.78 is 1.88. The molecule has 1 atom stereocenters. The van der Waals surface area contributed by atoms with Crippen molar-refractivity contribution in [2.75, 3.05) is 0 Å². The van der Waals surface area contributed by atoms with E-state index in [1.54, 1.807) is 6.20 Å². The fourth-order valence-electron chi connectivity index (χ4n) is 2.34. The Morgan fingerprint density at radius 1 is 1.15 bits per heavy atom. The number of hydrogen-bond donors (Lipinski definition) is 2. The SMILES string of the molecule is Cc1cc(C)cc(CC(NN)c2ncc(Br)cc2Br)c1. The number of rotatable bonds is 4. The van der Waals surface area contributed by atoms with E-state index in [4.69, 9.17) is 5.84 Å². The third-order valence-electron chi connectivity index (χ3n) is 3.09. The molecule has 2 aromatic rings. The molecule has 20 heavy (non-hydrogen) atoms. The minimum Gasteiger partial charge on any atom is -0.271 e.